The molecule has 0 heterocycles. The summed E-state index contributed by atoms with van der Waals surface area (Å²) in [6.45, 7) is -0.216. The first-order valence-corrected chi connectivity index (χ1v) is 12.8. The topological polar surface area (TPSA) is 89.9 Å². The number of para-hydroxylation sites is 1. The molecule has 0 aliphatic heterocycles. The molecule has 3 aromatic rings. The smallest absolute Gasteiger partial charge is 0.331 e. The number of aliphatic hydroxyl groups is 1. The fourth-order valence-corrected chi connectivity index (χ4v) is 5.40. The highest BCUT2D eigenvalue weighted by Gasteiger charge is 2.39. The summed E-state index contributed by atoms with van der Waals surface area (Å²) in [4.78, 5) is 1.82. The summed E-state index contributed by atoms with van der Waals surface area (Å²) < 4.78 is 30.4. The molecule has 0 amide bonds. The van der Waals surface area contributed by atoms with Crippen molar-refractivity contribution in [3.05, 3.63) is 100 Å². The molecular weight excluding hydrogens is 488 g/mol. The number of rotatable bonds is 11. The van der Waals surface area contributed by atoms with Crippen LogP contribution in [0.1, 0.15) is 11.1 Å². The van der Waals surface area contributed by atoms with E-state index in [9.17, 15) is 18.7 Å². The molecule has 1 unspecified atom stereocenters. The van der Waals surface area contributed by atoms with Gasteiger partial charge in [0.25, 0.3) is 0 Å². The van der Waals surface area contributed by atoms with Crippen LogP contribution in [0.2, 0.25) is 5.02 Å². The van der Waals surface area contributed by atoms with Gasteiger partial charge in [-0.2, -0.15) is 8.42 Å². The number of likely N-dealkylation sites (N-methyl/N-ethyl adjacent to an activating group) is 1. The minimum absolute atomic E-state index is 0.0749. The van der Waals surface area contributed by atoms with Crippen molar-refractivity contribution in [2.24, 2.45) is 0 Å². The van der Waals surface area contributed by atoms with E-state index < -0.39 is 27.2 Å². The molecule has 3 aromatic carbocycles. The van der Waals surface area contributed by atoms with Crippen LogP contribution in [0.4, 0.5) is 5.69 Å². The number of halogens is 1. The van der Waals surface area contributed by atoms with E-state index in [1.54, 1.807) is 18.2 Å². The summed E-state index contributed by atoms with van der Waals surface area (Å²) in [6.07, 6.45) is 3.94. The van der Waals surface area contributed by atoms with E-state index in [-0.39, 0.29) is 10.6 Å². The lowest BCUT2D eigenvalue weighted by molar-refractivity contribution is 0.272. The van der Waals surface area contributed by atoms with Crippen LogP contribution in [0, 0.1) is 5.21 Å². The first-order valence-electron chi connectivity index (χ1n) is 11.0. The van der Waals surface area contributed by atoms with Crippen molar-refractivity contribution >= 4 is 33.4 Å². The average Bonchev–Trinajstić information content (AvgIpc) is 2.85. The Kier molecular flexibility index (Phi) is 9.07. The van der Waals surface area contributed by atoms with Gasteiger partial charge in [-0.15, -0.1) is 0 Å². The van der Waals surface area contributed by atoms with Crippen LogP contribution in [0.15, 0.2) is 83.8 Å². The SMILES string of the molecule is COc1ccc(S(=O)(=O)[N+]([O-])(CCO)c2ccccc2CN(C)CC=Cc2ccc(Cl)cc2)cc1. The van der Waals surface area contributed by atoms with E-state index in [2.05, 4.69) is 0 Å². The Hall–Kier alpha value is -2.72. The quantitative estimate of drug-likeness (QED) is 0.294. The standard InChI is InChI=1S/C26H29ClN2O5S/c1-28(17-5-6-21-9-11-23(27)12-10-21)20-22-7-3-4-8-26(22)29(31,18-19-30)35(32,33)25-15-13-24(34-2)14-16-25/h3-16,30H,17-20H2,1-2H3. The third-order valence-corrected chi connectivity index (χ3v) is 7.81. The van der Waals surface area contributed by atoms with E-state index in [1.807, 2.05) is 48.4 Å². The van der Waals surface area contributed by atoms with Crippen molar-refractivity contribution in [1.82, 2.24) is 8.95 Å². The number of hydroxylamine groups is 1. The number of sulfonamides is 1. The van der Waals surface area contributed by atoms with Gasteiger partial charge >= 0.3 is 10.0 Å². The molecule has 0 saturated heterocycles. The summed E-state index contributed by atoms with van der Waals surface area (Å²) in [7, 11) is -1.08. The molecule has 1 atom stereocenters. The monoisotopic (exact) mass is 516 g/mol. The van der Waals surface area contributed by atoms with Gasteiger partial charge in [0.05, 0.1) is 13.7 Å². The molecule has 0 radical (unpaired) electrons. The van der Waals surface area contributed by atoms with Crippen molar-refractivity contribution in [3.8, 4) is 5.75 Å². The van der Waals surface area contributed by atoms with Crippen LogP contribution >= 0.6 is 11.6 Å². The maximum Gasteiger partial charge on any atom is 0.331 e. The zero-order valence-electron chi connectivity index (χ0n) is 19.7. The first kappa shape index (κ1) is 26.9. The van der Waals surface area contributed by atoms with Crippen molar-refractivity contribution in [2.75, 3.05) is 33.9 Å². The van der Waals surface area contributed by atoms with Gasteiger partial charge in [0.2, 0.25) is 0 Å². The van der Waals surface area contributed by atoms with Crippen molar-refractivity contribution in [1.29, 1.82) is 0 Å². The number of hydrogen-bond donors (Lipinski definition) is 1. The highest BCUT2D eigenvalue weighted by molar-refractivity contribution is 7.91. The molecule has 7 nitrogen and oxygen atoms in total. The normalized spacial score (nSPS) is 13.8. The van der Waals surface area contributed by atoms with Crippen molar-refractivity contribution in [2.45, 2.75) is 11.4 Å². The lowest BCUT2D eigenvalue weighted by Gasteiger charge is -2.40. The van der Waals surface area contributed by atoms with Gasteiger partial charge in [0.15, 0.2) is 5.69 Å². The van der Waals surface area contributed by atoms with Crippen LogP contribution in [-0.4, -0.2) is 52.3 Å². The van der Waals surface area contributed by atoms with Crippen molar-refractivity contribution < 1.29 is 18.3 Å². The zero-order chi connectivity index (χ0) is 25.5. The highest BCUT2D eigenvalue weighted by atomic mass is 35.5. The number of ether oxygens (including phenoxy) is 1. The maximum atomic E-state index is 14.0. The summed E-state index contributed by atoms with van der Waals surface area (Å²) in [6, 6.07) is 19.8. The van der Waals surface area contributed by atoms with Gasteiger partial charge < -0.3 is 15.1 Å². The van der Waals surface area contributed by atoms with Crippen LogP contribution in [0.25, 0.3) is 6.08 Å². The Labute approximate surface area is 211 Å². The van der Waals surface area contributed by atoms with E-state index >= 15 is 0 Å². The number of methoxy groups -OCH3 is 1. The molecule has 9 heteroatoms. The Morgan fingerprint density at radius 3 is 2.34 bits per heavy atom. The molecule has 0 aliphatic carbocycles. The Bertz CT molecular complexity index is 1250. The lowest BCUT2D eigenvalue weighted by Crippen LogP contribution is -2.51. The molecule has 0 aliphatic rings. The molecule has 0 fully saturated rings. The zero-order valence-corrected chi connectivity index (χ0v) is 21.2. The predicted octanol–water partition coefficient (Wildman–Crippen LogP) is 4.68. The van der Waals surface area contributed by atoms with Gasteiger partial charge in [-0.05, 0) is 49.0 Å². The third kappa shape index (κ3) is 6.29. The van der Waals surface area contributed by atoms with Gasteiger partial charge in [-0.1, -0.05) is 54.1 Å². The van der Waals surface area contributed by atoms with E-state index in [1.165, 1.54) is 37.4 Å². The van der Waals surface area contributed by atoms with Gasteiger partial charge in [0, 0.05) is 29.7 Å². The van der Waals surface area contributed by atoms with Crippen LogP contribution < -0.4 is 8.79 Å². The highest BCUT2D eigenvalue weighted by Crippen LogP contribution is 2.35. The Morgan fingerprint density at radius 1 is 1.06 bits per heavy atom. The van der Waals surface area contributed by atoms with Crippen molar-refractivity contribution in [3.63, 3.8) is 0 Å². The summed E-state index contributed by atoms with van der Waals surface area (Å²) >= 11 is 5.92. The first-order chi connectivity index (χ1) is 16.7. The fourth-order valence-electron chi connectivity index (χ4n) is 3.69. The lowest BCUT2D eigenvalue weighted by atomic mass is 10.1. The van der Waals surface area contributed by atoms with Gasteiger partial charge in [-0.3, -0.25) is 4.90 Å². The Balaban J connectivity index is 1.87. The third-order valence-electron chi connectivity index (χ3n) is 5.54. The minimum Gasteiger partial charge on any atom is -0.611 e. The molecule has 35 heavy (non-hydrogen) atoms. The predicted molar refractivity (Wildman–Crippen MR) is 141 cm³/mol. The largest absolute Gasteiger partial charge is 0.611 e. The minimum atomic E-state index is -4.43. The van der Waals surface area contributed by atoms with Crippen LogP contribution in [0.5, 0.6) is 5.75 Å². The second kappa shape index (κ2) is 11.8. The molecule has 0 saturated carbocycles. The number of hydrogen-bond acceptors (Lipinski definition) is 6. The molecule has 0 bridgehead atoms. The number of benzene rings is 3. The van der Waals surface area contributed by atoms with Crippen LogP contribution in [0.3, 0.4) is 0 Å². The fraction of sp³-hybridized carbons (Fsp3) is 0.231. The average molecular weight is 517 g/mol. The molecule has 0 spiro atoms. The number of nitrogens with zero attached hydrogens (tertiary/aromatic N) is 2. The molecule has 1 N–H and O–H groups in total. The van der Waals surface area contributed by atoms with E-state index in [0.717, 1.165) is 5.56 Å². The second-order valence-corrected chi connectivity index (χ2v) is 10.5. The van der Waals surface area contributed by atoms with E-state index in [4.69, 9.17) is 16.3 Å². The van der Waals surface area contributed by atoms with Gasteiger partial charge in [-0.25, -0.2) is 4.05 Å². The molecule has 186 valence electrons. The number of quaternary nitrogens is 1. The molecular formula is C26H29ClN2O5S. The maximum absolute atomic E-state index is 14.0. The summed E-state index contributed by atoms with van der Waals surface area (Å²) in [5, 5.41) is 24.3. The second-order valence-electron chi connectivity index (χ2n) is 8.05. The summed E-state index contributed by atoms with van der Waals surface area (Å²) in [5.74, 6) is 0.476. The molecule has 0 aromatic heterocycles. The summed E-state index contributed by atoms with van der Waals surface area (Å²) in [5.41, 5.74) is 1.65. The van der Waals surface area contributed by atoms with Gasteiger partial charge in [0.1, 0.15) is 17.2 Å². The van der Waals surface area contributed by atoms with Crippen LogP contribution in [-0.2, 0) is 16.6 Å². The van der Waals surface area contributed by atoms with E-state index in [0.29, 0.717) is 29.4 Å². The Morgan fingerprint density at radius 2 is 1.71 bits per heavy atom. The molecule has 3 rings (SSSR count). The number of aliphatic hydroxyl groups excluding tert-OH is 1.